The van der Waals surface area contributed by atoms with E-state index in [2.05, 4.69) is 38.6 Å². The fourth-order valence-electron chi connectivity index (χ4n) is 1.72. The quantitative estimate of drug-likeness (QED) is 0.605. The summed E-state index contributed by atoms with van der Waals surface area (Å²) in [5.41, 5.74) is 4.72. The molecule has 114 valence electrons. The van der Waals surface area contributed by atoms with Crippen LogP contribution in [-0.2, 0) is 10.5 Å². The van der Waals surface area contributed by atoms with Gasteiger partial charge in [0.2, 0.25) is 0 Å². The fourth-order valence-corrected chi connectivity index (χ4v) is 2.98. The lowest BCUT2D eigenvalue weighted by atomic mass is 10.2. The Balaban J connectivity index is 1.79. The van der Waals surface area contributed by atoms with Gasteiger partial charge in [-0.2, -0.15) is 5.10 Å². The molecule has 1 unspecified atom stereocenters. The Kier molecular flexibility index (Phi) is 6.68. The maximum atomic E-state index is 12.0. The lowest BCUT2D eigenvalue weighted by Gasteiger charge is -2.09. The molecule has 5 heteroatoms. The third-order valence-corrected chi connectivity index (χ3v) is 4.66. The molecule has 0 aromatic heterocycles. The van der Waals surface area contributed by atoms with E-state index >= 15 is 0 Å². The Morgan fingerprint density at radius 2 is 2.05 bits per heavy atom. The largest absolute Gasteiger partial charge is 0.272 e. The standard InChI is InChI=1S/C17H17BrN2OS/c1-13(22-12-14-6-3-2-4-7-14)17(21)20-19-11-15-8-5-9-16(18)10-15/h2-11,13H,12H2,1H3,(H,20,21). The van der Waals surface area contributed by atoms with Crippen LogP contribution in [0.15, 0.2) is 64.2 Å². The fraction of sp³-hybridized carbons (Fsp3) is 0.176. The van der Waals surface area contributed by atoms with Gasteiger partial charge in [0.05, 0.1) is 11.5 Å². The first-order valence-electron chi connectivity index (χ1n) is 6.89. The molecule has 0 aliphatic rings. The van der Waals surface area contributed by atoms with Gasteiger partial charge in [-0.3, -0.25) is 4.79 Å². The zero-order chi connectivity index (χ0) is 15.8. The molecule has 0 fully saturated rings. The molecule has 0 aliphatic carbocycles. The van der Waals surface area contributed by atoms with Crippen LogP contribution in [0.3, 0.4) is 0 Å². The van der Waals surface area contributed by atoms with E-state index in [-0.39, 0.29) is 11.2 Å². The van der Waals surface area contributed by atoms with Gasteiger partial charge in [-0.05, 0) is 30.2 Å². The summed E-state index contributed by atoms with van der Waals surface area (Å²) in [5.74, 6) is 0.720. The van der Waals surface area contributed by atoms with Crippen LogP contribution in [-0.4, -0.2) is 17.4 Å². The lowest BCUT2D eigenvalue weighted by Crippen LogP contribution is -2.26. The summed E-state index contributed by atoms with van der Waals surface area (Å²) in [6, 6.07) is 17.8. The highest BCUT2D eigenvalue weighted by molar-refractivity contribution is 9.10. The molecule has 0 bridgehead atoms. The highest BCUT2D eigenvalue weighted by atomic mass is 79.9. The highest BCUT2D eigenvalue weighted by Crippen LogP contribution is 2.17. The molecule has 2 aromatic rings. The number of rotatable bonds is 6. The SMILES string of the molecule is CC(SCc1ccccc1)C(=O)NN=Cc1cccc(Br)c1. The normalized spacial score (nSPS) is 12.3. The molecular weight excluding hydrogens is 360 g/mol. The second kappa shape index (κ2) is 8.76. The molecule has 22 heavy (non-hydrogen) atoms. The van der Waals surface area contributed by atoms with Gasteiger partial charge in [0.25, 0.3) is 5.91 Å². The molecule has 2 rings (SSSR count). The first-order chi connectivity index (χ1) is 10.6. The minimum Gasteiger partial charge on any atom is -0.272 e. The Morgan fingerprint density at radius 1 is 1.27 bits per heavy atom. The number of halogens is 1. The van der Waals surface area contributed by atoms with E-state index in [1.165, 1.54) is 5.56 Å². The summed E-state index contributed by atoms with van der Waals surface area (Å²) in [6.07, 6.45) is 1.64. The third-order valence-electron chi connectivity index (χ3n) is 2.95. The second-order valence-corrected chi connectivity index (χ2v) is 6.97. The molecule has 0 saturated heterocycles. The van der Waals surface area contributed by atoms with Crippen LogP contribution in [0.25, 0.3) is 0 Å². The average molecular weight is 377 g/mol. The number of carbonyl (C=O) groups is 1. The summed E-state index contributed by atoms with van der Waals surface area (Å²) in [6.45, 7) is 1.89. The van der Waals surface area contributed by atoms with Crippen LogP contribution in [0.4, 0.5) is 0 Å². The Labute approximate surface area is 143 Å². The van der Waals surface area contributed by atoms with E-state index in [9.17, 15) is 4.79 Å². The smallest absolute Gasteiger partial charge is 0.252 e. The van der Waals surface area contributed by atoms with Crippen LogP contribution < -0.4 is 5.43 Å². The Bertz CT molecular complexity index is 646. The monoisotopic (exact) mass is 376 g/mol. The number of nitrogens with zero attached hydrogens (tertiary/aromatic N) is 1. The maximum Gasteiger partial charge on any atom is 0.252 e. The van der Waals surface area contributed by atoms with Crippen LogP contribution >= 0.6 is 27.7 Å². The zero-order valence-corrected chi connectivity index (χ0v) is 14.6. The van der Waals surface area contributed by atoms with Crippen LogP contribution in [0, 0.1) is 0 Å². The average Bonchev–Trinajstić information content (AvgIpc) is 2.53. The van der Waals surface area contributed by atoms with Crippen molar-refractivity contribution < 1.29 is 4.79 Å². The van der Waals surface area contributed by atoms with Gasteiger partial charge in [0, 0.05) is 10.2 Å². The van der Waals surface area contributed by atoms with Gasteiger partial charge in [-0.25, -0.2) is 5.43 Å². The molecule has 0 spiro atoms. The van der Waals surface area contributed by atoms with Gasteiger partial charge in [0.15, 0.2) is 0 Å². The molecule has 2 aromatic carbocycles. The molecule has 1 N–H and O–H groups in total. The van der Waals surface area contributed by atoms with E-state index in [1.54, 1.807) is 18.0 Å². The van der Waals surface area contributed by atoms with Crippen LogP contribution in [0.2, 0.25) is 0 Å². The van der Waals surface area contributed by atoms with E-state index in [4.69, 9.17) is 0 Å². The number of hydrogen-bond donors (Lipinski definition) is 1. The van der Waals surface area contributed by atoms with Gasteiger partial charge in [-0.1, -0.05) is 58.4 Å². The van der Waals surface area contributed by atoms with Crippen molar-refractivity contribution in [3.8, 4) is 0 Å². The molecule has 1 atom stereocenters. The van der Waals surface area contributed by atoms with E-state index in [0.29, 0.717) is 0 Å². The van der Waals surface area contributed by atoms with E-state index < -0.39 is 0 Å². The Morgan fingerprint density at radius 3 is 2.77 bits per heavy atom. The van der Waals surface area contributed by atoms with Crippen molar-refractivity contribution in [2.45, 2.75) is 17.9 Å². The number of nitrogens with one attached hydrogen (secondary N) is 1. The Hall–Kier alpha value is -1.59. The number of thioether (sulfide) groups is 1. The van der Waals surface area contributed by atoms with Gasteiger partial charge in [-0.15, -0.1) is 11.8 Å². The summed E-state index contributed by atoms with van der Waals surface area (Å²) in [4.78, 5) is 12.0. The van der Waals surface area contributed by atoms with E-state index in [1.807, 2.05) is 49.4 Å². The molecule has 0 aliphatic heterocycles. The maximum absolute atomic E-state index is 12.0. The van der Waals surface area contributed by atoms with Crippen molar-refractivity contribution in [1.82, 2.24) is 5.43 Å². The molecule has 0 radical (unpaired) electrons. The number of benzene rings is 2. The van der Waals surface area contributed by atoms with Crippen molar-refractivity contribution in [2.75, 3.05) is 0 Å². The van der Waals surface area contributed by atoms with Gasteiger partial charge < -0.3 is 0 Å². The molecule has 0 heterocycles. The molecular formula is C17H17BrN2OS. The molecule has 0 saturated carbocycles. The summed E-state index contributed by atoms with van der Waals surface area (Å²) < 4.78 is 0.981. The minimum atomic E-state index is -0.153. The number of carbonyl (C=O) groups excluding carboxylic acids is 1. The third kappa shape index (κ3) is 5.66. The van der Waals surface area contributed by atoms with Crippen LogP contribution in [0.5, 0.6) is 0 Å². The second-order valence-electron chi connectivity index (χ2n) is 4.73. The first kappa shape index (κ1) is 16.8. The van der Waals surface area contributed by atoms with Gasteiger partial charge in [0.1, 0.15) is 0 Å². The highest BCUT2D eigenvalue weighted by Gasteiger charge is 2.12. The summed E-state index contributed by atoms with van der Waals surface area (Å²) in [7, 11) is 0. The number of hydrogen-bond acceptors (Lipinski definition) is 3. The predicted molar refractivity (Wildman–Crippen MR) is 97.1 cm³/mol. The minimum absolute atomic E-state index is 0.0906. The molecule has 3 nitrogen and oxygen atoms in total. The number of hydrazone groups is 1. The predicted octanol–water partition coefficient (Wildman–Crippen LogP) is 4.22. The van der Waals surface area contributed by atoms with E-state index in [0.717, 1.165) is 15.8 Å². The van der Waals surface area contributed by atoms with Crippen molar-refractivity contribution in [1.29, 1.82) is 0 Å². The van der Waals surface area contributed by atoms with Crippen molar-refractivity contribution in [3.63, 3.8) is 0 Å². The lowest BCUT2D eigenvalue weighted by molar-refractivity contribution is -0.120. The van der Waals surface area contributed by atoms with Crippen molar-refractivity contribution in [3.05, 3.63) is 70.2 Å². The topological polar surface area (TPSA) is 41.5 Å². The number of amides is 1. The zero-order valence-electron chi connectivity index (χ0n) is 12.2. The van der Waals surface area contributed by atoms with Gasteiger partial charge >= 0.3 is 0 Å². The van der Waals surface area contributed by atoms with Crippen molar-refractivity contribution in [2.24, 2.45) is 5.10 Å². The van der Waals surface area contributed by atoms with Crippen LogP contribution in [0.1, 0.15) is 18.1 Å². The molecule has 1 amide bonds. The van der Waals surface area contributed by atoms with Crippen molar-refractivity contribution >= 4 is 39.8 Å². The first-order valence-corrected chi connectivity index (χ1v) is 8.73. The summed E-state index contributed by atoms with van der Waals surface area (Å²) >= 11 is 4.99. The summed E-state index contributed by atoms with van der Waals surface area (Å²) in [5, 5.41) is 3.85.